The predicted molar refractivity (Wildman–Crippen MR) is 69.0 cm³/mol. The first-order valence-electron chi connectivity index (χ1n) is 5.91. The summed E-state index contributed by atoms with van der Waals surface area (Å²) in [5.41, 5.74) is 5.38. The van der Waals surface area contributed by atoms with Gasteiger partial charge in [0.25, 0.3) is 0 Å². The molecule has 0 unspecified atom stereocenters. The number of aromatic nitrogens is 2. The second kappa shape index (κ2) is 5.94. The van der Waals surface area contributed by atoms with Crippen molar-refractivity contribution in [1.29, 1.82) is 0 Å². The third-order valence-electron chi connectivity index (χ3n) is 2.53. The minimum Gasteiger partial charge on any atom is -0.339 e. The number of nitrogens with two attached hydrogens (primary N) is 1. The molecule has 0 aliphatic rings. The van der Waals surface area contributed by atoms with E-state index in [2.05, 4.69) is 10.1 Å². The van der Waals surface area contributed by atoms with Gasteiger partial charge in [-0.05, 0) is 25.1 Å². The van der Waals surface area contributed by atoms with Crippen molar-refractivity contribution in [1.82, 2.24) is 10.1 Å². The van der Waals surface area contributed by atoms with Crippen molar-refractivity contribution in [3.05, 3.63) is 42.0 Å². The summed E-state index contributed by atoms with van der Waals surface area (Å²) in [4.78, 5) is 4.30. The normalized spacial score (nSPS) is 11.6. The molecule has 0 bridgehead atoms. The summed E-state index contributed by atoms with van der Waals surface area (Å²) in [5, 5.41) is 3.67. The number of hydrogen-bond acceptors (Lipinski definition) is 6. The average molecular weight is 281 g/mol. The van der Waals surface area contributed by atoms with Crippen LogP contribution < -0.4 is 5.73 Å². The molecule has 1 aromatic heterocycles. The number of hydrogen-bond donors (Lipinski definition) is 1. The molecule has 6 nitrogen and oxygen atoms in total. The van der Waals surface area contributed by atoms with E-state index in [1.165, 1.54) is 0 Å². The molecule has 0 spiro atoms. The SMILES string of the molecule is NCCCc1nc(CS(=O)(=O)c2ccccc2)no1. The van der Waals surface area contributed by atoms with Crippen molar-refractivity contribution >= 4 is 9.84 Å². The van der Waals surface area contributed by atoms with Crippen LogP contribution in [0.5, 0.6) is 0 Å². The molecule has 0 saturated heterocycles. The lowest BCUT2D eigenvalue weighted by Crippen LogP contribution is -2.06. The molecule has 2 rings (SSSR count). The van der Waals surface area contributed by atoms with Gasteiger partial charge in [-0.3, -0.25) is 0 Å². The largest absolute Gasteiger partial charge is 0.339 e. The zero-order valence-corrected chi connectivity index (χ0v) is 11.1. The molecule has 0 fully saturated rings. The third kappa shape index (κ3) is 3.62. The van der Waals surface area contributed by atoms with E-state index in [9.17, 15) is 8.42 Å². The summed E-state index contributed by atoms with van der Waals surface area (Å²) in [6.07, 6.45) is 1.29. The number of benzene rings is 1. The van der Waals surface area contributed by atoms with E-state index < -0.39 is 9.84 Å². The maximum Gasteiger partial charge on any atom is 0.226 e. The summed E-state index contributed by atoms with van der Waals surface area (Å²) >= 11 is 0. The molecule has 0 radical (unpaired) electrons. The highest BCUT2D eigenvalue weighted by molar-refractivity contribution is 7.90. The molecular formula is C12H15N3O3S. The van der Waals surface area contributed by atoms with Crippen LogP contribution in [0.3, 0.4) is 0 Å². The molecule has 0 saturated carbocycles. The van der Waals surface area contributed by atoms with Crippen LogP contribution in [-0.2, 0) is 22.0 Å². The van der Waals surface area contributed by atoms with E-state index >= 15 is 0 Å². The second-order valence-electron chi connectivity index (χ2n) is 4.07. The smallest absolute Gasteiger partial charge is 0.226 e. The van der Waals surface area contributed by atoms with Gasteiger partial charge in [-0.2, -0.15) is 4.98 Å². The van der Waals surface area contributed by atoms with Crippen molar-refractivity contribution < 1.29 is 12.9 Å². The van der Waals surface area contributed by atoms with Crippen LogP contribution in [0, 0.1) is 0 Å². The predicted octanol–water partition coefficient (Wildman–Crippen LogP) is 0.935. The maximum atomic E-state index is 12.1. The van der Waals surface area contributed by atoms with Crippen LogP contribution in [0.2, 0.25) is 0 Å². The van der Waals surface area contributed by atoms with Gasteiger partial charge in [0.05, 0.1) is 4.90 Å². The van der Waals surface area contributed by atoms with Gasteiger partial charge in [-0.1, -0.05) is 23.4 Å². The molecule has 1 aromatic carbocycles. The van der Waals surface area contributed by atoms with Crippen molar-refractivity contribution in [2.24, 2.45) is 5.73 Å². The van der Waals surface area contributed by atoms with Crippen LogP contribution in [0.25, 0.3) is 0 Å². The van der Waals surface area contributed by atoms with Gasteiger partial charge < -0.3 is 10.3 Å². The first-order chi connectivity index (χ1) is 9.12. The summed E-state index contributed by atoms with van der Waals surface area (Å²) in [5.74, 6) is 0.336. The Morgan fingerprint density at radius 3 is 2.63 bits per heavy atom. The fourth-order valence-corrected chi connectivity index (χ4v) is 2.78. The lowest BCUT2D eigenvalue weighted by Gasteiger charge is -2.00. The summed E-state index contributed by atoms with van der Waals surface area (Å²) in [6, 6.07) is 8.21. The molecule has 19 heavy (non-hydrogen) atoms. The number of nitrogens with zero attached hydrogens (tertiary/aromatic N) is 2. The Bertz CT molecular complexity index is 623. The van der Waals surface area contributed by atoms with E-state index in [-0.39, 0.29) is 16.5 Å². The van der Waals surface area contributed by atoms with Crippen LogP contribution in [0.4, 0.5) is 0 Å². The Morgan fingerprint density at radius 1 is 1.21 bits per heavy atom. The van der Waals surface area contributed by atoms with Crippen LogP contribution in [0.1, 0.15) is 18.1 Å². The Balaban J connectivity index is 2.10. The van der Waals surface area contributed by atoms with E-state index in [4.69, 9.17) is 10.3 Å². The van der Waals surface area contributed by atoms with Crippen LogP contribution in [-0.4, -0.2) is 25.1 Å². The third-order valence-corrected chi connectivity index (χ3v) is 4.15. The Hall–Kier alpha value is -1.73. The van der Waals surface area contributed by atoms with Crippen molar-refractivity contribution in [2.75, 3.05) is 6.54 Å². The number of sulfone groups is 1. The molecule has 102 valence electrons. The molecule has 2 aromatic rings. The second-order valence-corrected chi connectivity index (χ2v) is 6.06. The van der Waals surface area contributed by atoms with Gasteiger partial charge in [-0.25, -0.2) is 8.42 Å². The molecule has 0 aliphatic carbocycles. The van der Waals surface area contributed by atoms with Gasteiger partial charge in [0, 0.05) is 6.42 Å². The van der Waals surface area contributed by atoms with E-state index in [0.29, 0.717) is 18.9 Å². The van der Waals surface area contributed by atoms with E-state index in [0.717, 1.165) is 6.42 Å². The summed E-state index contributed by atoms with van der Waals surface area (Å²) < 4.78 is 29.1. The molecule has 7 heteroatoms. The lowest BCUT2D eigenvalue weighted by molar-refractivity contribution is 0.372. The molecule has 0 amide bonds. The fourth-order valence-electron chi connectivity index (χ4n) is 1.58. The Morgan fingerprint density at radius 2 is 1.95 bits per heavy atom. The molecule has 0 aliphatic heterocycles. The first-order valence-corrected chi connectivity index (χ1v) is 7.56. The lowest BCUT2D eigenvalue weighted by atomic mass is 10.3. The van der Waals surface area contributed by atoms with Gasteiger partial charge in [0.15, 0.2) is 15.7 Å². The van der Waals surface area contributed by atoms with Gasteiger partial charge in [0.1, 0.15) is 5.75 Å². The first kappa shape index (κ1) is 13.7. The fraction of sp³-hybridized carbons (Fsp3) is 0.333. The average Bonchev–Trinajstić information content (AvgIpc) is 2.84. The van der Waals surface area contributed by atoms with E-state index in [1.807, 2.05) is 0 Å². The van der Waals surface area contributed by atoms with Crippen molar-refractivity contribution in [3.63, 3.8) is 0 Å². The maximum absolute atomic E-state index is 12.1. The van der Waals surface area contributed by atoms with Crippen molar-refractivity contribution in [2.45, 2.75) is 23.5 Å². The zero-order chi connectivity index (χ0) is 13.7. The summed E-state index contributed by atoms with van der Waals surface area (Å²) in [6.45, 7) is 0.528. The van der Waals surface area contributed by atoms with Crippen molar-refractivity contribution in [3.8, 4) is 0 Å². The minimum atomic E-state index is -3.43. The zero-order valence-electron chi connectivity index (χ0n) is 10.3. The number of aryl methyl sites for hydroxylation is 1. The van der Waals surface area contributed by atoms with Crippen LogP contribution in [0.15, 0.2) is 39.8 Å². The standard InChI is InChI=1S/C12H15N3O3S/c13-8-4-7-12-14-11(15-18-12)9-19(16,17)10-5-2-1-3-6-10/h1-3,5-6H,4,7-9,13H2. The topological polar surface area (TPSA) is 99.1 Å². The molecule has 2 N–H and O–H groups in total. The monoisotopic (exact) mass is 281 g/mol. The summed E-state index contributed by atoms with van der Waals surface area (Å²) in [7, 11) is -3.43. The highest BCUT2D eigenvalue weighted by Gasteiger charge is 2.18. The Labute approximate surface area is 111 Å². The molecule has 0 atom stereocenters. The molecule has 1 heterocycles. The van der Waals surface area contributed by atoms with Gasteiger partial charge in [0.2, 0.25) is 5.89 Å². The van der Waals surface area contributed by atoms with Crippen LogP contribution >= 0.6 is 0 Å². The van der Waals surface area contributed by atoms with Gasteiger partial charge in [-0.15, -0.1) is 0 Å². The number of rotatable bonds is 6. The molecular weight excluding hydrogens is 266 g/mol. The Kier molecular flexibility index (Phi) is 4.28. The highest BCUT2D eigenvalue weighted by Crippen LogP contribution is 2.14. The minimum absolute atomic E-state index is 0.177. The quantitative estimate of drug-likeness (QED) is 0.845. The van der Waals surface area contributed by atoms with Gasteiger partial charge >= 0.3 is 0 Å². The van der Waals surface area contributed by atoms with E-state index in [1.54, 1.807) is 30.3 Å². The highest BCUT2D eigenvalue weighted by atomic mass is 32.2.